The summed E-state index contributed by atoms with van der Waals surface area (Å²) in [5.74, 6) is 0. The molecule has 0 amide bonds. The third-order valence-corrected chi connectivity index (χ3v) is 3.34. The van der Waals surface area contributed by atoms with Crippen LogP contribution in [-0.2, 0) is 12.8 Å². The fourth-order valence-corrected chi connectivity index (χ4v) is 1.93. The van der Waals surface area contributed by atoms with Crippen molar-refractivity contribution < 1.29 is 0 Å². The van der Waals surface area contributed by atoms with Gasteiger partial charge in [0.25, 0.3) is 0 Å². The van der Waals surface area contributed by atoms with Crippen LogP contribution in [-0.4, -0.2) is 23.7 Å². The predicted molar refractivity (Wildman–Crippen MR) is 70.9 cm³/mol. The zero-order valence-electron chi connectivity index (χ0n) is 10.9. The highest BCUT2D eigenvalue weighted by Gasteiger charge is 2.15. The molecule has 1 N–H and O–H groups in total. The fourth-order valence-electron chi connectivity index (χ4n) is 1.93. The summed E-state index contributed by atoms with van der Waals surface area (Å²) in [5.41, 5.74) is 7.28. The van der Waals surface area contributed by atoms with E-state index in [0.29, 0.717) is 0 Å². The van der Waals surface area contributed by atoms with Crippen molar-refractivity contribution in [3.05, 3.63) is 47.3 Å². The van der Waals surface area contributed by atoms with Gasteiger partial charge in [0.1, 0.15) is 0 Å². The minimum Gasteiger partial charge on any atom is -0.307 e. The molecule has 0 aliphatic carbocycles. The summed E-state index contributed by atoms with van der Waals surface area (Å²) < 4.78 is 0. The summed E-state index contributed by atoms with van der Waals surface area (Å²) in [6.07, 6.45) is 4.20. The van der Waals surface area contributed by atoms with E-state index in [1.807, 2.05) is 6.20 Å². The molecular formula is C14H21N3. The highest BCUT2D eigenvalue weighted by Crippen LogP contribution is 2.11. The normalized spacial score (nSPS) is 15.9. The zero-order chi connectivity index (χ0) is 12.3. The lowest BCUT2D eigenvalue weighted by atomic mass is 10.1. The van der Waals surface area contributed by atoms with Gasteiger partial charge in [-0.1, -0.05) is 31.2 Å². The smallest absolute Gasteiger partial charge is 0.0451 e. The quantitative estimate of drug-likeness (QED) is 0.858. The van der Waals surface area contributed by atoms with E-state index >= 15 is 0 Å². The van der Waals surface area contributed by atoms with E-state index in [4.69, 9.17) is 0 Å². The van der Waals surface area contributed by atoms with Crippen LogP contribution in [0.15, 0.2) is 36.2 Å². The molecule has 0 radical (unpaired) electrons. The van der Waals surface area contributed by atoms with Crippen molar-refractivity contribution in [1.29, 1.82) is 0 Å². The number of rotatable bonds is 4. The predicted octanol–water partition coefficient (Wildman–Crippen LogP) is 2.32. The van der Waals surface area contributed by atoms with Crippen molar-refractivity contribution in [1.82, 2.24) is 15.6 Å². The summed E-state index contributed by atoms with van der Waals surface area (Å²) in [5, 5.41) is 4.27. The third kappa shape index (κ3) is 2.80. The van der Waals surface area contributed by atoms with E-state index < -0.39 is 0 Å². The number of aryl methyl sites for hydroxylation is 1. The number of hydrogen-bond donors (Lipinski definition) is 1. The van der Waals surface area contributed by atoms with Crippen LogP contribution in [0.2, 0.25) is 0 Å². The van der Waals surface area contributed by atoms with Crippen LogP contribution in [0.4, 0.5) is 0 Å². The molecule has 0 spiro atoms. The minimum atomic E-state index is 0.982. The Labute approximate surface area is 104 Å². The SMILES string of the molecule is CCc1ccc(CCN2NC=C(C)N2C)cc1. The number of nitrogens with zero attached hydrogens (tertiary/aromatic N) is 2. The van der Waals surface area contributed by atoms with Crippen molar-refractivity contribution in [3.63, 3.8) is 0 Å². The van der Waals surface area contributed by atoms with Gasteiger partial charge in [-0.15, -0.1) is 5.12 Å². The van der Waals surface area contributed by atoms with Crippen molar-refractivity contribution in [3.8, 4) is 0 Å². The summed E-state index contributed by atoms with van der Waals surface area (Å²) >= 11 is 0. The van der Waals surface area contributed by atoms with Gasteiger partial charge in [0, 0.05) is 25.5 Å². The summed E-state index contributed by atoms with van der Waals surface area (Å²) in [4.78, 5) is 0. The van der Waals surface area contributed by atoms with Crippen LogP contribution in [0.5, 0.6) is 0 Å². The number of allylic oxidation sites excluding steroid dienone is 1. The van der Waals surface area contributed by atoms with Crippen molar-refractivity contribution in [2.45, 2.75) is 26.7 Å². The lowest BCUT2D eigenvalue weighted by Crippen LogP contribution is -2.41. The van der Waals surface area contributed by atoms with Crippen molar-refractivity contribution in [2.24, 2.45) is 0 Å². The van der Waals surface area contributed by atoms with Gasteiger partial charge in [0.15, 0.2) is 0 Å². The van der Waals surface area contributed by atoms with Crippen molar-refractivity contribution >= 4 is 0 Å². The molecule has 0 aromatic heterocycles. The zero-order valence-corrected chi connectivity index (χ0v) is 10.9. The van der Waals surface area contributed by atoms with Gasteiger partial charge in [-0.05, 0) is 30.9 Å². The molecule has 17 heavy (non-hydrogen) atoms. The number of benzene rings is 1. The Morgan fingerprint density at radius 3 is 2.29 bits per heavy atom. The summed E-state index contributed by atoms with van der Waals surface area (Å²) in [6, 6.07) is 8.91. The second-order valence-corrected chi connectivity index (χ2v) is 4.48. The molecule has 1 aliphatic rings. The molecule has 1 aromatic rings. The molecule has 0 fully saturated rings. The van der Waals surface area contributed by atoms with E-state index in [0.717, 1.165) is 19.4 Å². The first-order valence-corrected chi connectivity index (χ1v) is 6.22. The van der Waals surface area contributed by atoms with Crippen molar-refractivity contribution in [2.75, 3.05) is 13.6 Å². The van der Waals surface area contributed by atoms with Gasteiger partial charge in [0.2, 0.25) is 0 Å². The van der Waals surface area contributed by atoms with Crippen LogP contribution in [0.1, 0.15) is 25.0 Å². The van der Waals surface area contributed by atoms with Gasteiger partial charge in [-0.2, -0.15) is 0 Å². The lowest BCUT2D eigenvalue weighted by Gasteiger charge is -2.26. The standard InChI is InChI=1S/C14H21N3/c1-4-13-5-7-14(8-6-13)9-10-17-15-11-12(2)16(17)3/h5-8,11,15H,4,9-10H2,1-3H3. The minimum absolute atomic E-state index is 0.982. The second-order valence-electron chi connectivity index (χ2n) is 4.48. The van der Waals surface area contributed by atoms with Gasteiger partial charge in [-0.3, -0.25) is 5.01 Å². The van der Waals surface area contributed by atoms with E-state index in [1.165, 1.54) is 16.8 Å². The molecular weight excluding hydrogens is 210 g/mol. The van der Waals surface area contributed by atoms with E-state index in [2.05, 4.69) is 60.7 Å². The first kappa shape index (κ1) is 12.0. The summed E-state index contributed by atoms with van der Waals surface area (Å²) in [6.45, 7) is 5.27. The Bertz CT molecular complexity index is 394. The van der Waals surface area contributed by atoms with Gasteiger partial charge in [0.05, 0.1) is 0 Å². The first-order chi connectivity index (χ1) is 8.20. The molecule has 2 rings (SSSR count). The largest absolute Gasteiger partial charge is 0.307 e. The van der Waals surface area contributed by atoms with Gasteiger partial charge < -0.3 is 5.43 Å². The maximum absolute atomic E-state index is 3.25. The molecule has 1 heterocycles. The molecule has 3 nitrogen and oxygen atoms in total. The number of hydrazine groups is 2. The first-order valence-electron chi connectivity index (χ1n) is 6.22. The molecule has 1 aromatic carbocycles. The Morgan fingerprint density at radius 1 is 1.12 bits per heavy atom. The Morgan fingerprint density at radius 2 is 1.76 bits per heavy atom. The maximum Gasteiger partial charge on any atom is 0.0451 e. The van der Waals surface area contributed by atoms with Crippen LogP contribution >= 0.6 is 0 Å². The van der Waals surface area contributed by atoms with Crippen LogP contribution in [0.25, 0.3) is 0 Å². The lowest BCUT2D eigenvalue weighted by molar-refractivity contribution is 0.0225. The van der Waals surface area contributed by atoms with Crippen LogP contribution < -0.4 is 5.43 Å². The molecule has 0 bridgehead atoms. The molecule has 0 unspecified atom stereocenters. The molecule has 1 aliphatic heterocycles. The Kier molecular flexibility index (Phi) is 3.69. The highest BCUT2D eigenvalue weighted by atomic mass is 15.8. The summed E-state index contributed by atoms with van der Waals surface area (Å²) in [7, 11) is 2.08. The fraction of sp³-hybridized carbons (Fsp3) is 0.429. The van der Waals surface area contributed by atoms with Crippen LogP contribution in [0, 0.1) is 0 Å². The third-order valence-electron chi connectivity index (χ3n) is 3.34. The highest BCUT2D eigenvalue weighted by molar-refractivity contribution is 5.22. The average Bonchev–Trinajstić information content (AvgIpc) is 2.68. The molecule has 92 valence electrons. The molecule has 0 saturated heterocycles. The Balaban J connectivity index is 1.86. The van der Waals surface area contributed by atoms with Crippen LogP contribution in [0.3, 0.4) is 0 Å². The molecule has 3 heteroatoms. The monoisotopic (exact) mass is 231 g/mol. The Hall–Kier alpha value is -1.48. The number of nitrogens with one attached hydrogen (secondary N) is 1. The maximum atomic E-state index is 3.25. The van der Waals surface area contributed by atoms with E-state index in [1.54, 1.807) is 0 Å². The number of hydrogen-bond acceptors (Lipinski definition) is 3. The average molecular weight is 231 g/mol. The van der Waals surface area contributed by atoms with E-state index in [9.17, 15) is 0 Å². The second kappa shape index (κ2) is 5.23. The molecule has 0 atom stereocenters. The van der Waals surface area contributed by atoms with Gasteiger partial charge in [-0.25, -0.2) is 0 Å². The van der Waals surface area contributed by atoms with E-state index in [-0.39, 0.29) is 0 Å². The topological polar surface area (TPSA) is 18.5 Å². The van der Waals surface area contributed by atoms with Gasteiger partial charge >= 0.3 is 0 Å². The molecule has 0 saturated carbocycles.